The second kappa shape index (κ2) is 5.58. The molecule has 0 spiro atoms. The fraction of sp³-hybridized carbons (Fsp3) is 0.176. The van der Waals surface area contributed by atoms with Crippen LogP contribution in [0.5, 0.6) is 5.75 Å². The lowest BCUT2D eigenvalue weighted by Crippen LogP contribution is -2.02. The van der Waals surface area contributed by atoms with Gasteiger partial charge in [0.05, 0.1) is 19.5 Å². The summed E-state index contributed by atoms with van der Waals surface area (Å²) in [5.41, 5.74) is 2.14. The molecule has 0 fully saturated rings. The average Bonchev–Trinajstić information content (AvgIpc) is 2.91. The molecule has 0 bridgehead atoms. The molecule has 0 saturated carbocycles. The van der Waals surface area contributed by atoms with E-state index in [1.807, 2.05) is 24.3 Å². The Balaban J connectivity index is 1.86. The number of hydrogen-bond acceptors (Lipinski definition) is 3. The molecular formula is C17H15FO3. The Bertz CT molecular complexity index is 764. The van der Waals surface area contributed by atoms with Crippen molar-refractivity contribution in [2.45, 2.75) is 12.5 Å². The van der Waals surface area contributed by atoms with E-state index in [9.17, 15) is 9.50 Å². The summed E-state index contributed by atoms with van der Waals surface area (Å²) in [5, 5.41) is 11.2. The van der Waals surface area contributed by atoms with Crippen molar-refractivity contribution in [2.75, 3.05) is 7.11 Å². The van der Waals surface area contributed by atoms with Crippen LogP contribution in [0.2, 0.25) is 0 Å². The molecule has 1 N–H and O–H groups in total. The van der Waals surface area contributed by atoms with Gasteiger partial charge in [-0.1, -0.05) is 24.3 Å². The SMILES string of the molecule is COc1ccc(CC(O)c2coc3ccccc23)cc1F. The average molecular weight is 286 g/mol. The third-order valence-electron chi connectivity index (χ3n) is 3.52. The standard InChI is InChI=1S/C17H15FO3/c1-20-17-7-6-11(8-14(17)18)9-15(19)13-10-21-16-5-3-2-4-12(13)16/h2-8,10,15,19H,9H2,1H3. The van der Waals surface area contributed by atoms with Gasteiger partial charge in [0, 0.05) is 17.4 Å². The molecule has 0 aliphatic rings. The summed E-state index contributed by atoms with van der Waals surface area (Å²) in [6.07, 6.45) is 1.11. The van der Waals surface area contributed by atoms with Gasteiger partial charge >= 0.3 is 0 Å². The lowest BCUT2D eigenvalue weighted by molar-refractivity contribution is 0.178. The number of fused-ring (bicyclic) bond motifs is 1. The van der Waals surface area contributed by atoms with E-state index in [2.05, 4.69) is 0 Å². The van der Waals surface area contributed by atoms with E-state index >= 15 is 0 Å². The predicted molar refractivity (Wildman–Crippen MR) is 77.8 cm³/mol. The highest BCUT2D eigenvalue weighted by atomic mass is 19.1. The molecule has 3 aromatic rings. The van der Waals surface area contributed by atoms with Crippen molar-refractivity contribution < 1.29 is 18.7 Å². The van der Waals surface area contributed by atoms with Gasteiger partial charge in [0.25, 0.3) is 0 Å². The van der Waals surface area contributed by atoms with Crippen LogP contribution in [0.1, 0.15) is 17.2 Å². The fourth-order valence-electron chi connectivity index (χ4n) is 2.43. The number of methoxy groups -OCH3 is 1. The molecule has 2 aromatic carbocycles. The number of benzene rings is 2. The van der Waals surface area contributed by atoms with Crippen molar-refractivity contribution in [3.05, 3.63) is 65.7 Å². The number of aliphatic hydroxyl groups excluding tert-OH is 1. The topological polar surface area (TPSA) is 42.6 Å². The van der Waals surface area contributed by atoms with Crippen LogP contribution in [-0.2, 0) is 6.42 Å². The first-order chi connectivity index (χ1) is 10.2. The molecule has 0 radical (unpaired) electrons. The smallest absolute Gasteiger partial charge is 0.165 e. The molecule has 3 nitrogen and oxygen atoms in total. The molecular weight excluding hydrogens is 271 g/mol. The molecule has 108 valence electrons. The minimum Gasteiger partial charge on any atom is -0.494 e. The van der Waals surface area contributed by atoms with Crippen LogP contribution in [0.25, 0.3) is 11.0 Å². The second-order valence-electron chi connectivity index (χ2n) is 4.88. The zero-order chi connectivity index (χ0) is 14.8. The van der Waals surface area contributed by atoms with Crippen molar-refractivity contribution >= 4 is 11.0 Å². The van der Waals surface area contributed by atoms with Gasteiger partial charge in [0.2, 0.25) is 0 Å². The summed E-state index contributed by atoms with van der Waals surface area (Å²) >= 11 is 0. The summed E-state index contributed by atoms with van der Waals surface area (Å²) in [6, 6.07) is 12.2. The summed E-state index contributed by atoms with van der Waals surface area (Å²) in [5.74, 6) is -0.235. The first-order valence-electron chi connectivity index (χ1n) is 6.65. The Morgan fingerprint density at radius 1 is 1.24 bits per heavy atom. The minimum atomic E-state index is -0.749. The second-order valence-corrected chi connectivity index (χ2v) is 4.88. The molecule has 4 heteroatoms. The van der Waals surface area contributed by atoms with Gasteiger partial charge < -0.3 is 14.3 Å². The summed E-state index contributed by atoms with van der Waals surface area (Å²) in [4.78, 5) is 0. The molecule has 1 atom stereocenters. The first kappa shape index (κ1) is 13.6. The highest BCUT2D eigenvalue weighted by Gasteiger charge is 2.15. The predicted octanol–water partition coefficient (Wildman–Crippen LogP) is 3.86. The Labute approximate surface area is 121 Å². The zero-order valence-corrected chi connectivity index (χ0v) is 11.5. The fourth-order valence-corrected chi connectivity index (χ4v) is 2.43. The highest BCUT2D eigenvalue weighted by Crippen LogP contribution is 2.29. The van der Waals surface area contributed by atoms with Crippen LogP contribution in [0.3, 0.4) is 0 Å². The summed E-state index contributed by atoms with van der Waals surface area (Å²) < 4.78 is 24.0. The Kier molecular flexibility index (Phi) is 3.62. The molecule has 1 aromatic heterocycles. The van der Waals surface area contributed by atoms with Crippen molar-refractivity contribution in [2.24, 2.45) is 0 Å². The molecule has 0 saturated heterocycles. The molecule has 3 rings (SSSR count). The van der Waals surface area contributed by atoms with Gasteiger partial charge in [0.15, 0.2) is 11.6 Å². The van der Waals surface area contributed by atoms with Crippen LogP contribution < -0.4 is 4.74 Å². The molecule has 0 aliphatic heterocycles. The van der Waals surface area contributed by atoms with Crippen molar-refractivity contribution in [3.8, 4) is 5.75 Å². The van der Waals surface area contributed by atoms with Crippen molar-refractivity contribution in [1.82, 2.24) is 0 Å². The van der Waals surface area contributed by atoms with Gasteiger partial charge in [-0.2, -0.15) is 0 Å². The van der Waals surface area contributed by atoms with Crippen LogP contribution in [-0.4, -0.2) is 12.2 Å². The Hall–Kier alpha value is -2.33. The van der Waals surface area contributed by atoms with Gasteiger partial charge in [-0.05, 0) is 23.8 Å². The van der Waals surface area contributed by atoms with Crippen LogP contribution in [0.4, 0.5) is 4.39 Å². The lowest BCUT2D eigenvalue weighted by atomic mass is 10.0. The van der Waals surface area contributed by atoms with E-state index in [0.29, 0.717) is 17.5 Å². The highest BCUT2D eigenvalue weighted by molar-refractivity contribution is 5.81. The van der Waals surface area contributed by atoms with E-state index < -0.39 is 11.9 Å². The number of hydrogen-bond donors (Lipinski definition) is 1. The summed E-state index contributed by atoms with van der Waals surface area (Å²) in [6.45, 7) is 0. The van der Waals surface area contributed by atoms with Crippen molar-refractivity contribution in [3.63, 3.8) is 0 Å². The monoisotopic (exact) mass is 286 g/mol. The van der Waals surface area contributed by atoms with Crippen molar-refractivity contribution in [1.29, 1.82) is 0 Å². The van der Waals surface area contributed by atoms with Crippen LogP contribution in [0.15, 0.2) is 53.1 Å². The number of aliphatic hydroxyl groups is 1. The van der Waals surface area contributed by atoms with E-state index in [1.54, 1.807) is 18.4 Å². The van der Waals surface area contributed by atoms with E-state index in [-0.39, 0.29) is 5.75 Å². The van der Waals surface area contributed by atoms with Crippen LogP contribution >= 0.6 is 0 Å². The summed E-state index contributed by atoms with van der Waals surface area (Å²) in [7, 11) is 1.42. The molecule has 0 aliphatic carbocycles. The van der Waals surface area contributed by atoms with Gasteiger partial charge in [0.1, 0.15) is 5.58 Å². The number of rotatable bonds is 4. The van der Waals surface area contributed by atoms with E-state index in [0.717, 1.165) is 11.0 Å². The Morgan fingerprint density at radius 2 is 2.05 bits per heavy atom. The lowest BCUT2D eigenvalue weighted by Gasteiger charge is -2.10. The minimum absolute atomic E-state index is 0.196. The van der Waals surface area contributed by atoms with Gasteiger partial charge in [-0.3, -0.25) is 0 Å². The van der Waals surface area contributed by atoms with Crippen LogP contribution in [0, 0.1) is 5.82 Å². The molecule has 1 unspecified atom stereocenters. The third-order valence-corrected chi connectivity index (χ3v) is 3.52. The maximum Gasteiger partial charge on any atom is 0.165 e. The normalized spacial score (nSPS) is 12.5. The van der Waals surface area contributed by atoms with E-state index in [4.69, 9.17) is 9.15 Å². The zero-order valence-electron chi connectivity index (χ0n) is 11.5. The quantitative estimate of drug-likeness (QED) is 0.792. The number of ether oxygens (including phenoxy) is 1. The number of para-hydroxylation sites is 1. The maximum absolute atomic E-state index is 13.7. The first-order valence-corrected chi connectivity index (χ1v) is 6.65. The molecule has 21 heavy (non-hydrogen) atoms. The van der Waals surface area contributed by atoms with Gasteiger partial charge in [-0.15, -0.1) is 0 Å². The Morgan fingerprint density at radius 3 is 2.81 bits per heavy atom. The number of halogens is 1. The largest absolute Gasteiger partial charge is 0.494 e. The van der Waals surface area contributed by atoms with E-state index in [1.165, 1.54) is 13.2 Å². The molecule has 0 amide bonds. The third kappa shape index (κ3) is 2.62. The molecule has 1 heterocycles. The maximum atomic E-state index is 13.7. The number of furan rings is 1. The van der Waals surface area contributed by atoms with Gasteiger partial charge in [-0.25, -0.2) is 4.39 Å².